The smallest absolute Gasteiger partial charge is 0.355 e. The minimum Gasteiger partial charge on any atom is -0.461 e. The molecule has 0 spiro atoms. The second-order valence-corrected chi connectivity index (χ2v) is 5.64. The average Bonchev–Trinajstić information content (AvgIpc) is 2.88. The molecular formula is C17H14BrN3O2. The maximum absolute atomic E-state index is 12.3. The number of aromatic amines is 1. The van der Waals surface area contributed by atoms with Crippen molar-refractivity contribution in [3.8, 4) is 23.3 Å². The number of hydrogen-bond acceptors (Lipinski definition) is 4. The van der Waals surface area contributed by atoms with Gasteiger partial charge in [0.05, 0.1) is 31.6 Å². The predicted molar refractivity (Wildman–Crippen MR) is 88.5 cm³/mol. The highest BCUT2D eigenvalue weighted by Crippen LogP contribution is 2.32. The van der Waals surface area contributed by atoms with Crippen LogP contribution < -0.4 is 0 Å². The van der Waals surface area contributed by atoms with E-state index in [2.05, 4.69) is 33.1 Å². The fourth-order valence-electron chi connectivity index (χ4n) is 2.39. The summed E-state index contributed by atoms with van der Waals surface area (Å²) in [5.41, 5.74) is 2.95. The summed E-state index contributed by atoms with van der Waals surface area (Å²) in [4.78, 5) is 15.2. The lowest BCUT2D eigenvalue weighted by atomic mass is 9.97. The lowest BCUT2D eigenvalue weighted by molar-refractivity contribution is 0.0521. The minimum atomic E-state index is -0.492. The van der Waals surface area contributed by atoms with Gasteiger partial charge in [0.25, 0.3) is 0 Å². The number of rotatable bonds is 5. The van der Waals surface area contributed by atoms with Crippen molar-refractivity contribution in [3.63, 3.8) is 0 Å². The SMILES string of the molecule is CCOC(=O)c1[nH]c(CC#N)c(CC#N)c1-c1ccc(Br)cc1. The molecule has 2 aromatic rings. The summed E-state index contributed by atoms with van der Waals surface area (Å²) in [6.45, 7) is 1.98. The number of ether oxygens (including phenoxy) is 1. The van der Waals surface area contributed by atoms with Crippen LogP contribution in [0, 0.1) is 22.7 Å². The lowest BCUT2D eigenvalue weighted by Crippen LogP contribution is -2.07. The van der Waals surface area contributed by atoms with Crippen molar-refractivity contribution in [2.75, 3.05) is 6.61 Å². The fourth-order valence-corrected chi connectivity index (χ4v) is 2.65. The molecule has 6 heteroatoms. The first-order valence-electron chi connectivity index (χ1n) is 7.03. The molecular weight excluding hydrogens is 358 g/mol. The number of halogens is 1. The number of carbonyl (C=O) groups is 1. The Balaban J connectivity index is 2.68. The summed E-state index contributed by atoms with van der Waals surface area (Å²) < 4.78 is 6.00. The highest BCUT2D eigenvalue weighted by atomic mass is 79.9. The molecule has 0 saturated heterocycles. The van der Waals surface area contributed by atoms with Crippen LogP contribution in [0.2, 0.25) is 0 Å². The van der Waals surface area contributed by atoms with E-state index in [1.54, 1.807) is 6.92 Å². The highest BCUT2D eigenvalue weighted by molar-refractivity contribution is 9.10. The Morgan fingerprint density at radius 2 is 1.87 bits per heavy atom. The van der Waals surface area contributed by atoms with Crippen molar-refractivity contribution >= 4 is 21.9 Å². The zero-order valence-electron chi connectivity index (χ0n) is 12.5. The zero-order chi connectivity index (χ0) is 16.8. The molecule has 1 aromatic heterocycles. The summed E-state index contributed by atoms with van der Waals surface area (Å²) >= 11 is 3.37. The van der Waals surface area contributed by atoms with Crippen LogP contribution in [0.4, 0.5) is 0 Å². The molecule has 0 atom stereocenters. The molecule has 2 rings (SSSR count). The summed E-state index contributed by atoms with van der Waals surface area (Å²) in [5, 5.41) is 18.1. The van der Waals surface area contributed by atoms with E-state index in [9.17, 15) is 4.79 Å². The number of nitrogens with one attached hydrogen (secondary N) is 1. The molecule has 0 radical (unpaired) electrons. The van der Waals surface area contributed by atoms with Gasteiger partial charge in [-0.15, -0.1) is 0 Å². The molecule has 23 heavy (non-hydrogen) atoms. The topological polar surface area (TPSA) is 89.7 Å². The zero-order valence-corrected chi connectivity index (χ0v) is 14.1. The number of nitrogens with zero attached hydrogens (tertiary/aromatic N) is 2. The Morgan fingerprint density at radius 1 is 1.22 bits per heavy atom. The quantitative estimate of drug-likeness (QED) is 0.810. The van der Waals surface area contributed by atoms with Crippen molar-refractivity contribution in [1.29, 1.82) is 10.5 Å². The first-order valence-corrected chi connectivity index (χ1v) is 7.82. The summed E-state index contributed by atoms with van der Waals surface area (Å²) in [6, 6.07) is 11.6. The average molecular weight is 372 g/mol. The van der Waals surface area contributed by atoms with E-state index >= 15 is 0 Å². The van der Waals surface area contributed by atoms with Crippen LogP contribution >= 0.6 is 15.9 Å². The molecule has 0 aliphatic carbocycles. The van der Waals surface area contributed by atoms with E-state index in [1.807, 2.05) is 24.3 Å². The van der Waals surface area contributed by atoms with E-state index in [1.165, 1.54) is 0 Å². The number of esters is 1. The first kappa shape index (κ1) is 16.8. The molecule has 0 aliphatic rings. The van der Waals surface area contributed by atoms with Crippen LogP contribution in [0.25, 0.3) is 11.1 Å². The van der Waals surface area contributed by atoms with Gasteiger partial charge in [-0.05, 0) is 30.2 Å². The summed E-state index contributed by atoms with van der Waals surface area (Å²) in [5.74, 6) is -0.492. The van der Waals surface area contributed by atoms with Crippen LogP contribution in [-0.2, 0) is 17.6 Å². The predicted octanol–water partition coefficient (Wildman–Crippen LogP) is 3.75. The Morgan fingerprint density at radius 3 is 2.43 bits per heavy atom. The molecule has 1 heterocycles. The van der Waals surface area contributed by atoms with Gasteiger partial charge in [0, 0.05) is 15.7 Å². The Kier molecular flexibility index (Phi) is 5.56. The van der Waals surface area contributed by atoms with Crippen molar-refractivity contribution in [2.24, 2.45) is 0 Å². The molecule has 0 fully saturated rings. The number of aromatic nitrogens is 1. The van der Waals surface area contributed by atoms with Crippen LogP contribution in [0.15, 0.2) is 28.7 Å². The van der Waals surface area contributed by atoms with Gasteiger partial charge >= 0.3 is 5.97 Å². The molecule has 1 aromatic carbocycles. The number of hydrogen-bond donors (Lipinski definition) is 1. The first-order chi connectivity index (χ1) is 11.1. The van der Waals surface area contributed by atoms with Gasteiger partial charge in [0.1, 0.15) is 5.69 Å². The normalized spacial score (nSPS) is 9.91. The standard InChI is InChI=1S/C17H14BrN3O2/c1-2-23-17(22)16-15(11-3-5-12(18)6-4-11)13(7-9-19)14(21-16)8-10-20/h3-6,21H,2,7-8H2,1H3. The van der Waals surface area contributed by atoms with E-state index in [0.29, 0.717) is 16.8 Å². The van der Waals surface area contributed by atoms with Gasteiger partial charge in [-0.1, -0.05) is 28.1 Å². The van der Waals surface area contributed by atoms with Crippen molar-refractivity contribution < 1.29 is 9.53 Å². The highest BCUT2D eigenvalue weighted by Gasteiger charge is 2.23. The van der Waals surface area contributed by atoms with Crippen molar-refractivity contribution in [2.45, 2.75) is 19.8 Å². The second-order valence-electron chi connectivity index (χ2n) is 4.73. The molecule has 0 aliphatic heterocycles. The molecule has 5 nitrogen and oxygen atoms in total. The van der Waals surface area contributed by atoms with Crippen molar-refractivity contribution in [3.05, 3.63) is 45.7 Å². The molecule has 1 N–H and O–H groups in total. The molecule has 116 valence electrons. The largest absolute Gasteiger partial charge is 0.461 e. The maximum Gasteiger partial charge on any atom is 0.355 e. The van der Waals surface area contributed by atoms with Gasteiger partial charge in [-0.2, -0.15) is 10.5 Å². The van der Waals surface area contributed by atoms with Crippen LogP contribution in [-0.4, -0.2) is 17.6 Å². The second kappa shape index (κ2) is 7.62. The number of benzene rings is 1. The van der Waals surface area contributed by atoms with E-state index < -0.39 is 5.97 Å². The fraction of sp³-hybridized carbons (Fsp3) is 0.235. The van der Waals surface area contributed by atoms with Gasteiger partial charge < -0.3 is 9.72 Å². The Hall–Kier alpha value is -2.57. The maximum atomic E-state index is 12.3. The van der Waals surface area contributed by atoms with Crippen LogP contribution in [0.3, 0.4) is 0 Å². The number of carbonyl (C=O) groups excluding carboxylic acids is 1. The van der Waals surface area contributed by atoms with Crippen molar-refractivity contribution in [1.82, 2.24) is 4.98 Å². The third-order valence-electron chi connectivity index (χ3n) is 3.32. The van der Waals surface area contributed by atoms with E-state index in [0.717, 1.165) is 10.0 Å². The molecule has 0 amide bonds. The van der Waals surface area contributed by atoms with E-state index in [4.69, 9.17) is 15.3 Å². The summed E-state index contributed by atoms with van der Waals surface area (Å²) in [7, 11) is 0. The summed E-state index contributed by atoms with van der Waals surface area (Å²) in [6.07, 6.45) is 0.207. The van der Waals surface area contributed by atoms with Gasteiger partial charge in [-0.3, -0.25) is 0 Å². The van der Waals surface area contributed by atoms with E-state index in [-0.39, 0.29) is 25.1 Å². The minimum absolute atomic E-state index is 0.0972. The van der Waals surface area contributed by atoms with Crippen LogP contribution in [0.1, 0.15) is 28.7 Å². The number of H-pyrrole nitrogens is 1. The van der Waals surface area contributed by atoms with Gasteiger partial charge in [0.2, 0.25) is 0 Å². The molecule has 0 saturated carbocycles. The Labute approximate surface area is 142 Å². The molecule has 0 unspecified atom stereocenters. The van der Waals surface area contributed by atoms with Gasteiger partial charge in [0.15, 0.2) is 0 Å². The monoisotopic (exact) mass is 371 g/mol. The Bertz CT molecular complexity index is 795. The third-order valence-corrected chi connectivity index (χ3v) is 3.84. The van der Waals surface area contributed by atoms with Crippen LogP contribution in [0.5, 0.6) is 0 Å². The third kappa shape index (κ3) is 3.61. The number of nitriles is 2. The lowest BCUT2D eigenvalue weighted by Gasteiger charge is -2.07. The molecule has 0 bridgehead atoms. The van der Waals surface area contributed by atoms with Gasteiger partial charge in [-0.25, -0.2) is 4.79 Å².